The lowest BCUT2D eigenvalue weighted by Gasteiger charge is -2.25. The summed E-state index contributed by atoms with van der Waals surface area (Å²) in [4.78, 5) is 36.6. The first-order chi connectivity index (χ1) is 15.0. The van der Waals surface area contributed by atoms with Crippen LogP contribution in [0.2, 0.25) is 0 Å². The number of carbonyl (C=O) groups is 2. The molecule has 2 aliphatic heterocycles. The molecule has 1 atom stereocenters. The van der Waals surface area contributed by atoms with Crippen LogP contribution in [0.1, 0.15) is 38.3 Å². The Morgan fingerprint density at radius 1 is 1.16 bits per heavy atom. The molecular weight excluding hydrogens is 408 g/mol. The molecule has 2 aromatic rings. The molecule has 0 saturated heterocycles. The summed E-state index contributed by atoms with van der Waals surface area (Å²) in [5.74, 6) is 0.939. The number of hydrogen-bond donors (Lipinski definition) is 1. The number of carbonyl (C=O) groups excluding carboxylic acids is 2. The van der Waals surface area contributed by atoms with Gasteiger partial charge in [0.2, 0.25) is 5.91 Å². The molecular formula is C24H26N4O2S. The van der Waals surface area contributed by atoms with Crippen molar-refractivity contribution in [2.75, 3.05) is 11.1 Å². The molecule has 0 aromatic heterocycles. The number of nitrogens with zero attached hydrogens (tertiary/aromatic N) is 3. The Morgan fingerprint density at radius 3 is 2.61 bits per heavy atom. The lowest BCUT2D eigenvalue weighted by molar-refractivity contribution is -0.125. The van der Waals surface area contributed by atoms with Gasteiger partial charge in [0.05, 0.1) is 11.4 Å². The second-order valence-electron chi connectivity index (χ2n) is 8.07. The first kappa shape index (κ1) is 21.3. The van der Waals surface area contributed by atoms with Crippen molar-refractivity contribution >= 4 is 46.0 Å². The Morgan fingerprint density at radius 2 is 1.90 bits per heavy atom. The summed E-state index contributed by atoms with van der Waals surface area (Å²) in [5.41, 5.74) is 3.61. The fourth-order valence-corrected chi connectivity index (χ4v) is 4.45. The minimum Gasteiger partial charge on any atom is -0.325 e. The van der Waals surface area contributed by atoms with Crippen molar-refractivity contribution in [2.24, 2.45) is 15.9 Å². The van der Waals surface area contributed by atoms with Gasteiger partial charge in [0, 0.05) is 11.3 Å². The second kappa shape index (κ2) is 9.06. The van der Waals surface area contributed by atoms with E-state index in [9.17, 15) is 9.59 Å². The number of hydrogen-bond acceptors (Lipinski definition) is 5. The number of fused-ring (bicyclic) bond motifs is 3. The van der Waals surface area contributed by atoms with Crippen LogP contribution in [0.3, 0.4) is 0 Å². The zero-order chi connectivity index (χ0) is 22.0. The van der Waals surface area contributed by atoms with Crippen molar-refractivity contribution in [1.29, 1.82) is 0 Å². The highest BCUT2D eigenvalue weighted by Crippen LogP contribution is 2.34. The van der Waals surface area contributed by atoms with E-state index in [1.54, 1.807) is 4.90 Å². The zero-order valence-corrected chi connectivity index (χ0v) is 18.8. The van der Waals surface area contributed by atoms with Gasteiger partial charge in [0.25, 0.3) is 5.91 Å². The van der Waals surface area contributed by atoms with Gasteiger partial charge in [-0.25, -0.2) is 9.89 Å². The van der Waals surface area contributed by atoms with Gasteiger partial charge in [-0.2, -0.15) is 0 Å². The molecule has 6 nitrogen and oxygen atoms in total. The number of thioether (sulfide) groups is 1. The van der Waals surface area contributed by atoms with Crippen LogP contribution in [0, 0.1) is 5.92 Å². The quantitative estimate of drug-likeness (QED) is 0.721. The number of benzene rings is 2. The highest BCUT2D eigenvalue weighted by atomic mass is 32.2. The summed E-state index contributed by atoms with van der Waals surface area (Å²) in [5, 5.41) is 3.41. The standard InChI is InChI=1S/C24H26N4O2S/c1-4-16-9-11-17(12-10-16)25-21(29)14-31-24-27-19-8-6-5-7-18(19)22-26-20(13-15(2)3)23(30)28(22)24/h5-12,15,20H,4,13-14H2,1-3H3,(H,25,29)/t20-/m1/s1. The highest BCUT2D eigenvalue weighted by molar-refractivity contribution is 8.14. The van der Waals surface area contributed by atoms with E-state index >= 15 is 0 Å². The molecule has 0 unspecified atom stereocenters. The van der Waals surface area contributed by atoms with E-state index in [-0.39, 0.29) is 17.6 Å². The molecule has 0 aliphatic carbocycles. The summed E-state index contributed by atoms with van der Waals surface area (Å²) >= 11 is 1.26. The van der Waals surface area contributed by atoms with Crippen LogP contribution in [0.15, 0.2) is 58.5 Å². The van der Waals surface area contributed by atoms with Crippen LogP contribution in [0.4, 0.5) is 11.4 Å². The molecule has 0 saturated carbocycles. The molecule has 2 aliphatic rings. The molecule has 1 N–H and O–H groups in total. The van der Waals surface area contributed by atoms with Crippen LogP contribution >= 0.6 is 11.8 Å². The third kappa shape index (κ3) is 4.56. The maximum absolute atomic E-state index is 13.1. The smallest absolute Gasteiger partial charge is 0.259 e. The van der Waals surface area contributed by atoms with Crippen LogP contribution in [-0.4, -0.2) is 39.5 Å². The van der Waals surface area contributed by atoms with Crippen molar-refractivity contribution in [3.8, 4) is 0 Å². The lowest BCUT2D eigenvalue weighted by Crippen LogP contribution is -2.41. The molecule has 31 heavy (non-hydrogen) atoms. The van der Waals surface area contributed by atoms with Crippen molar-refractivity contribution in [1.82, 2.24) is 4.90 Å². The number of amides is 2. The first-order valence-corrected chi connectivity index (χ1v) is 11.6. The predicted octanol–water partition coefficient (Wildman–Crippen LogP) is 4.63. The lowest BCUT2D eigenvalue weighted by atomic mass is 10.0. The fraction of sp³-hybridized carbons (Fsp3) is 0.333. The third-order valence-electron chi connectivity index (χ3n) is 5.22. The van der Waals surface area contributed by atoms with E-state index in [0.717, 1.165) is 23.4 Å². The van der Waals surface area contributed by atoms with E-state index in [1.807, 2.05) is 48.5 Å². The molecule has 4 rings (SSSR count). The van der Waals surface area contributed by atoms with Gasteiger partial charge in [-0.15, -0.1) is 0 Å². The topological polar surface area (TPSA) is 74.1 Å². The highest BCUT2D eigenvalue weighted by Gasteiger charge is 2.41. The van der Waals surface area contributed by atoms with Crippen LogP contribution in [0.25, 0.3) is 0 Å². The summed E-state index contributed by atoms with van der Waals surface area (Å²) in [7, 11) is 0. The van der Waals surface area contributed by atoms with E-state index in [0.29, 0.717) is 23.3 Å². The normalized spacial score (nSPS) is 17.2. The Kier molecular flexibility index (Phi) is 6.23. The Balaban J connectivity index is 1.51. The number of aliphatic imine (C=N–C) groups is 2. The van der Waals surface area contributed by atoms with Crippen LogP contribution < -0.4 is 5.32 Å². The summed E-state index contributed by atoms with van der Waals surface area (Å²) < 4.78 is 0. The number of nitrogens with one attached hydrogen (secondary N) is 1. The molecule has 0 spiro atoms. The van der Waals surface area contributed by atoms with E-state index < -0.39 is 6.04 Å². The molecule has 7 heteroatoms. The van der Waals surface area contributed by atoms with Gasteiger partial charge in [-0.05, 0) is 48.6 Å². The zero-order valence-electron chi connectivity index (χ0n) is 18.0. The summed E-state index contributed by atoms with van der Waals surface area (Å²) in [6.07, 6.45) is 1.64. The second-order valence-corrected chi connectivity index (χ2v) is 9.01. The molecule has 160 valence electrons. The monoisotopic (exact) mass is 434 g/mol. The molecule has 0 radical (unpaired) electrons. The van der Waals surface area contributed by atoms with E-state index in [1.165, 1.54) is 17.3 Å². The summed E-state index contributed by atoms with van der Waals surface area (Å²) in [6, 6.07) is 15.1. The number of anilines is 1. The fourth-order valence-electron chi connectivity index (χ4n) is 3.65. The number of amidine groups is 2. The molecule has 2 heterocycles. The Hall–Kier alpha value is -2.93. The van der Waals surface area contributed by atoms with Gasteiger partial charge in [-0.3, -0.25) is 14.6 Å². The predicted molar refractivity (Wildman–Crippen MR) is 127 cm³/mol. The molecule has 0 bridgehead atoms. The van der Waals surface area contributed by atoms with Crippen LogP contribution in [-0.2, 0) is 16.0 Å². The number of aryl methyl sites for hydroxylation is 1. The maximum atomic E-state index is 13.1. The minimum atomic E-state index is -0.405. The van der Waals surface area contributed by atoms with Crippen molar-refractivity contribution < 1.29 is 9.59 Å². The van der Waals surface area contributed by atoms with Crippen molar-refractivity contribution in [3.05, 3.63) is 59.7 Å². The van der Waals surface area contributed by atoms with Gasteiger partial charge in [0.15, 0.2) is 5.17 Å². The van der Waals surface area contributed by atoms with E-state index in [4.69, 9.17) is 4.99 Å². The third-order valence-corrected chi connectivity index (χ3v) is 6.16. The largest absolute Gasteiger partial charge is 0.325 e. The molecule has 2 aromatic carbocycles. The maximum Gasteiger partial charge on any atom is 0.259 e. The minimum absolute atomic E-state index is 0.0694. The average Bonchev–Trinajstić information content (AvgIpc) is 3.08. The van der Waals surface area contributed by atoms with Gasteiger partial charge >= 0.3 is 0 Å². The molecule has 0 fully saturated rings. The Bertz CT molecular complexity index is 1060. The molecule has 2 amide bonds. The van der Waals surface area contributed by atoms with Gasteiger partial charge in [0.1, 0.15) is 11.9 Å². The van der Waals surface area contributed by atoms with Gasteiger partial charge in [-0.1, -0.05) is 56.8 Å². The van der Waals surface area contributed by atoms with Crippen LogP contribution in [0.5, 0.6) is 0 Å². The average molecular weight is 435 g/mol. The first-order valence-electron chi connectivity index (χ1n) is 10.6. The number of para-hydroxylation sites is 1. The van der Waals surface area contributed by atoms with Gasteiger partial charge < -0.3 is 5.32 Å². The number of rotatable bonds is 6. The summed E-state index contributed by atoms with van der Waals surface area (Å²) in [6.45, 7) is 6.26. The van der Waals surface area contributed by atoms with Crippen molar-refractivity contribution in [2.45, 2.75) is 39.7 Å². The SMILES string of the molecule is CCc1ccc(NC(=O)CSC2=Nc3ccccc3C3=N[C@H](CC(C)C)C(=O)N23)cc1. The van der Waals surface area contributed by atoms with Crippen molar-refractivity contribution in [3.63, 3.8) is 0 Å². The van der Waals surface area contributed by atoms with E-state index in [2.05, 4.69) is 31.1 Å². The Labute approximate surface area is 186 Å².